The number of ether oxygens (including phenoxy) is 1. The molecule has 4 nitrogen and oxygen atoms in total. The van der Waals surface area contributed by atoms with Crippen molar-refractivity contribution in [3.05, 3.63) is 50.2 Å². The summed E-state index contributed by atoms with van der Waals surface area (Å²) in [4.78, 5) is 11.1. The predicted octanol–water partition coefficient (Wildman–Crippen LogP) is 3.16. The van der Waals surface area contributed by atoms with Crippen molar-refractivity contribution >= 4 is 40.7 Å². The van der Waals surface area contributed by atoms with Crippen molar-refractivity contribution in [2.45, 2.75) is 6.42 Å². The molecule has 4 rings (SSSR count). The lowest BCUT2D eigenvalue weighted by molar-refractivity contribution is 0.476. The third-order valence-corrected chi connectivity index (χ3v) is 4.78. The van der Waals surface area contributed by atoms with Gasteiger partial charge in [-0.2, -0.15) is 4.98 Å². The molecule has 2 aliphatic heterocycles. The molecular weight excluding hydrogens is 329 g/mol. The normalized spacial score (nSPS) is 15.7. The second kappa shape index (κ2) is 5.02. The van der Waals surface area contributed by atoms with E-state index < -0.39 is 0 Å². The minimum Gasteiger partial charge on any atom is -0.431 e. The molecule has 0 N–H and O–H groups in total. The average Bonchev–Trinajstić information content (AvgIpc) is 3.05. The van der Waals surface area contributed by atoms with E-state index in [0.29, 0.717) is 21.0 Å². The monoisotopic (exact) mass is 337 g/mol. The van der Waals surface area contributed by atoms with Crippen LogP contribution in [0.1, 0.15) is 6.42 Å². The van der Waals surface area contributed by atoms with Crippen molar-refractivity contribution in [3.8, 4) is 10.9 Å². The van der Waals surface area contributed by atoms with E-state index in [4.69, 9.17) is 27.9 Å². The van der Waals surface area contributed by atoms with Crippen LogP contribution in [0.3, 0.4) is 0 Å². The van der Waals surface area contributed by atoms with Gasteiger partial charge >= 0.3 is 0 Å². The first-order valence-corrected chi connectivity index (χ1v) is 7.93. The van der Waals surface area contributed by atoms with Crippen LogP contribution in [-0.4, -0.2) is 16.4 Å². The molecule has 2 aliphatic rings. The molecule has 3 heterocycles. The van der Waals surface area contributed by atoms with Crippen molar-refractivity contribution in [3.63, 3.8) is 0 Å². The summed E-state index contributed by atoms with van der Waals surface area (Å²) in [6.07, 6.45) is 5.16. The summed E-state index contributed by atoms with van der Waals surface area (Å²) in [6, 6.07) is 5.13. The molecule has 1 aromatic carbocycles. The highest BCUT2D eigenvalue weighted by atomic mass is 35.5. The Morgan fingerprint density at radius 2 is 2.14 bits per heavy atom. The molecule has 0 fully saturated rings. The molecule has 0 saturated heterocycles. The van der Waals surface area contributed by atoms with E-state index >= 15 is 0 Å². The molecule has 7 heteroatoms. The molecule has 0 unspecified atom stereocenters. The van der Waals surface area contributed by atoms with Gasteiger partial charge in [-0.25, -0.2) is 4.99 Å². The van der Waals surface area contributed by atoms with Crippen molar-refractivity contribution in [2.24, 2.45) is 4.99 Å². The fourth-order valence-corrected chi connectivity index (χ4v) is 3.29. The van der Waals surface area contributed by atoms with Gasteiger partial charge in [0, 0.05) is 18.8 Å². The number of thiazole rings is 1. The molecule has 0 atom stereocenters. The van der Waals surface area contributed by atoms with Crippen LogP contribution in [-0.2, 0) is 0 Å². The Balaban J connectivity index is 1.69. The highest BCUT2D eigenvalue weighted by Gasteiger charge is 2.17. The topological polar surface area (TPSA) is 37.7 Å². The summed E-state index contributed by atoms with van der Waals surface area (Å²) in [5.74, 6) is 1.60. The number of hydrogen-bond acceptors (Lipinski definition) is 5. The highest BCUT2D eigenvalue weighted by Crippen LogP contribution is 2.29. The van der Waals surface area contributed by atoms with Crippen LogP contribution in [0, 0.1) is 0 Å². The van der Waals surface area contributed by atoms with E-state index in [9.17, 15) is 0 Å². The van der Waals surface area contributed by atoms with Gasteiger partial charge in [-0.1, -0.05) is 34.5 Å². The minimum absolute atomic E-state index is 0.456. The Morgan fingerprint density at radius 1 is 1.24 bits per heavy atom. The Bertz CT molecular complexity index is 875. The zero-order chi connectivity index (χ0) is 14.4. The number of halogens is 2. The lowest BCUT2D eigenvalue weighted by atomic mass is 10.3. The smallest absolute Gasteiger partial charge is 0.281 e. The maximum absolute atomic E-state index is 5.98. The fraction of sp³-hybridized carbons (Fsp3) is 0.143. The number of nitrogens with zero attached hydrogens (tertiary/aromatic N) is 3. The van der Waals surface area contributed by atoms with E-state index in [2.05, 4.69) is 21.0 Å². The first-order chi connectivity index (χ1) is 10.2. The minimum atomic E-state index is 0.456. The molecule has 106 valence electrons. The molecule has 1 aromatic heterocycles. The van der Waals surface area contributed by atoms with E-state index in [-0.39, 0.29) is 0 Å². The second-order valence-electron chi connectivity index (χ2n) is 4.63. The maximum Gasteiger partial charge on any atom is 0.281 e. The molecule has 0 radical (unpaired) electrons. The Hall–Kier alpha value is -1.56. The van der Waals surface area contributed by atoms with Gasteiger partial charge < -0.3 is 9.64 Å². The molecule has 0 amide bonds. The summed E-state index contributed by atoms with van der Waals surface area (Å²) < 4.78 is 6.61. The quantitative estimate of drug-likeness (QED) is 0.844. The van der Waals surface area contributed by atoms with Crippen LogP contribution in [0.4, 0.5) is 0 Å². The summed E-state index contributed by atoms with van der Waals surface area (Å²) in [6.45, 7) is 0.957. The average molecular weight is 338 g/mol. The number of benzene rings is 1. The van der Waals surface area contributed by atoms with Crippen LogP contribution in [0.25, 0.3) is 6.20 Å². The van der Waals surface area contributed by atoms with E-state index in [1.807, 2.05) is 6.20 Å². The van der Waals surface area contributed by atoms with Crippen molar-refractivity contribution in [2.75, 3.05) is 6.54 Å². The van der Waals surface area contributed by atoms with Crippen molar-refractivity contribution in [1.29, 1.82) is 0 Å². The van der Waals surface area contributed by atoms with Gasteiger partial charge in [0.25, 0.3) is 5.19 Å². The fourth-order valence-electron chi connectivity index (χ4n) is 2.21. The van der Waals surface area contributed by atoms with Gasteiger partial charge in [-0.3, -0.25) is 0 Å². The van der Waals surface area contributed by atoms with Crippen molar-refractivity contribution < 1.29 is 4.74 Å². The number of aromatic nitrogens is 1. The van der Waals surface area contributed by atoms with Gasteiger partial charge in [0.1, 0.15) is 16.9 Å². The van der Waals surface area contributed by atoms with Crippen LogP contribution < -0.4 is 14.8 Å². The number of rotatable bonds is 2. The Labute approximate surface area is 134 Å². The first kappa shape index (κ1) is 13.1. The summed E-state index contributed by atoms with van der Waals surface area (Å²) >= 11 is 13.3. The molecule has 0 spiro atoms. The first-order valence-electron chi connectivity index (χ1n) is 6.36. The molecule has 0 bridgehead atoms. The van der Waals surface area contributed by atoms with Crippen LogP contribution >= 0.6 is 34.5 Å². The lowest BCUT2D eigenvalue weighted by Crippen LogP contribution is -2.31. The third-order valence-electron chi connectivity index (χ3n) is 3.20. The number of fused-ring (bicyclic) bond motifs is 2. The van der Waals surface area contributed by atoms with E-state index in [0.717, 1.165) is 28.8 Å². The Kier molecular flexibility index (Phi) is 3.14. The van der Waals surface area contributed by atoms with E-state index in [1.54, 1.807) is 18.2 Å². The second-order valence-corrected chi connectivity index (χ2v) is 6.39. The van der Waals surface area contributed by atoms with Gasteiger partial charge in [0.2, 0.25) is 0 Å². The third kappa shape index (κ3) is 2.41. The zero-order valence-corrected chi connectivity index (χ0v) is 13.0. The standard InChI is InChI=1S/C14H9Cl2N3OS/c15-9-4-3-8(6-10(9)16)20-14-17-11-7-19-5-1-2-12(19)18-13(11)21-14/h2-4,6-7H,1,5H2. The highest BCUT2D eigenvalue weighted by molar-refractivity contribution is 7.10. The summed E-state index contributed by atoms with van der Waals surface area (Å²) in [5, 5.41) is 2.34. The van der Waals surface area contributed by atoms with E-state index in [1.165, 1.54) is 11.3 Å². The lowest BCUT2D eigenvalue weighted by Gasteiger charge is -2.14. The molecule has 2 aromatic rings. The molecule has 0 saturated carbocycles. The molecule has 0 aliphatic carbocycles. The van der Waals surface area contributed by atoms with Crippen molar-refractivity contribution in [1.82, 2.24) is 9.88 Å². The molecule has 21 heavy (non-hydrogen) atoms. The Morgan fingerprint density at radius 3 is 3.00 bits per heavy atom. The maximum atomic E-state index is 5.98. The predicted molar refractivity (Wildman–Crippen MR) is 83.3 cm³/mol. The SMILES string of the molecule is Clc1ccc(Oc2nc3c(s2)=NC2=CCCN2C=3)cc1Cl. The van der Waals surface area contributed by atoms with Crippen LogP contribution in [0.15, 0.2) is 35.1 Å². The van der Waals surface area contributed by atoms with Crippen LogP contribution in [0.5, 0.6) is 10.9 Å². The molecular formula is C14H9Cl2N3OS. The van der Waals surface area contributed by atoms with Gasteiger partial charge in [0.05, 0.1) is 10.0 Å². The largest absolute Gasteiger partial charge is 0.431 e. The van der Waals surface area contributed by atoms with Gasteiger partial charge in [-0.05, 0) is 24.6 Å². The van der Waals surface area contributed by atoms with Gasteiger partial charge in [-0.15, -0.1) is 0 Å². The number of hydrogen-bond donors (Lipinski definition) is 0. The van der Waals surface area contributed by atoms with Gasteiger partial charge in [0.15, 0.2) is 4.67 Å². The zero-order valence-electron chi connectivity index (χ0n) is 10.7. The summed E-state index contributed by atoms with van der Waals surface area (Å²) in [5.41, 5.74) is 0. The summed E-state index contributed by atoms with van der Waals surface area (Å²) in [7, 11) is 0. The van der Waals surface area contributed by atoms with Crippen LogP contribution in [0.2, 0.25) is 10.0 Å².